The number of amides is 1. The molecule has 1 aliphatic rings. The van der Waals surface area contributed by atoms with Crippen LogP contribution in [0.3, 0.4) is 0 Å². The number of ether oxygens (including phenoxy) is 3. The Bertz CT molecular complexity index is 230. The van der Waals surface area contributed by atoms with Gasteiger partial charge in [0.1, 0.15) is 0 Å². The predicted octanol–water partition coefficient (Wildman–Crippen LogP) is 0.535. The first-order chi connectivity index (χ1) is 7.60. The number of nitrogens with one attached hydrogen (secondary N) is 1. The summed E-state index contributed by atoms with van der Waals surface area (Å²) in [6.07, 6.45) is 0.363. The van der Waals surface area contributed by atoms with Crippen molar-refractivity contribution >= 4 is 5.91 Å². The van der Waals surface area contributed by atoms with Crippen LogP contribution in [0.25, 0.3) is 0 Å². The third-order valence-electron chi connectivity index (χ3n) is 2.96. The second-order valence-corrected chi connectivity index (χ2v) is 4.11. The van der Waals surface area contributed by atoms with Gasteiger partial charge in [-0.25, -0.2) is 0 Å². The van der Waals surface area contributed by atoms with Gasteiger partial charge in [0.05, 0.1) is 18.1 Å². The van der Waals surface area contributed by atoms with Crippen LogP contribution in [-0.4, -0.2) is 45.2 Å². The molecule has 5 heteroatoms. The van der Waals surface area contributed by atoms with E-state index in [4.69, 9.17) is 14.2 Å². The second-order valence-electron chi connectivity index (χ2n) is 4.11. The third-order valence-corrected chi connectivity index (χ3v) is 2.96. The second kappa shape index (κ2) is 6.18. The lowest BCUT2D eigenvalue weighted by atomic mass is 10.0. The van der Waals surface area contributed by atoms with E-state index < -0.39 is 6.29 Å². The molecule has 94 valence electrons. The Hall–Kier alpha value is -0.650. The van der Waals surface area contributed by atoms with Crippen LogP contribution in [0.2, 0.25) is 0 Å². The molecule has 5 nitrogen and oxygen atoms in total. The topological polar surface area (TPSA) is 56.8 Å². The average Bonchev–Trinajstić information content (AvgIpc) is 2.66. The summed E-state index contributed by atoms with van der Waals surface area (Å²) in [5.41, 5.74) is 0. The molecule has 0 radical (unpaired) electrons. The van der Waals surface area contributed by atoms with Crippen LogP contribution in [0.4, 0.5) is 0 Å². The first-order valence-electron chi connectivity index (χ1n) is 5.57. The molecule has 0 saturated carbocycles. The zero-order chi connectivity index (χ0) is 12.1. The minimum absolute atomic E-state index is 0.00394. The summed E-state index contributed by atoms with van der Waals surface area (Å²) in [7, 11) is 3.11. The van der Waals surface area contributed by atoms with Crippen LogP contribution in [0, 0.1) is 5.92 Å². The molecule has 1 fully saturated rings. The zero-order valence-corrected chi connectivity index (χ0v) is 10.4. The molecule has 0 aromatic carbocycles. The highest BCUT2D eigenvalue weighted by Crippen LogP contribution is 2.20. The standard InChI is InChI=1S/C11H21NO4/c1-7(11(14-3)15-4)12-10(13)9-5-6-16-8(9)2/h7-9,11H,5-6H2,1-4H3,(H,12,13). The fourth-order valence-corrected chi connectivity index (χ4v) is 1.98. The fraction of sp³-hybridized carbons (Fsp3) is 0.909. The smallest absolute Gasteiger partial charge is 0.226 e. The first-order valence-corrected chi connectivity index (χ1v) is 5.57. The fourth-order valence-electron chi connectivity index (χ4n) is 1.98. The van der Waals surface area contributed by atoms with Crippen LogP contribution in [0.1, 0.15) is 20.3 Å². The number of hydrogen-bond acceptors (Lipinski definition) is 4. The van der Waals surface area contributed by atoms with E-state index >= 15 is 0 Å². The lowest BCUT2D eigenvalue weighted by molar-refractivity contribution is -0.139. The van der Waals surface area contributed by atoms with E-state index in [2.05, 4.69) is 5.32 Å². The molecule has 1 heterocycles. The molecule has 0 bridgehead atoms. The summed E-state index contributed by atoms with van der Waals surface area (Å²) < 4.78 is 15.5. The van der Waals surface area contributed by atoms with Gasteiger partial charge in [0.15, 0.2) is 6.29 Å². The van der Waals surface area contributed by atoms with Gasteiger partial charge in [-0.2, -0.15) is 0 Å². The molecule has 0 spiro atoms. The van der Waals surface area contributed by atoms with Crippen molar-refractivity contribution in [2.24, 2.45) is 5.92 Å². The van der Waals surface area contributed by atoms with Crippen LogP contribution >= 0.6 is 0 Å². The Morgan fingerprint density at radius 1 is 1.44 bits per heavy atom. The molecular formula is C11H21NO4. The van der Waals surface area contributed by atoms with Crippen molar-refractivity contribution in [2.75, 3.05) is 20.8 Å². The van der Waals surface area contributed by atoms with Crippen molar-refractivity contribution in [3.8, 4) is 0 Å². The van der Waals surface area contributed by atoms with Gasteiger partial charge in [-0.1, -0.05) is 0 Å². The van der Waals surface area contributed by atoms with Gasteiger partial charge in [-0.15, -0.1) is 0 Å². The highest BCUT2D eigenvalue weighted by molar-refractivity contribution is 5.79. The molecule has 1 saturated heterocycles. The average molecular weight is 231 g/mol. The molecule has 1 rings (SSSR count). The normalized spacial score (nSPS) is 27.1. The van der Waals surface area contributed by atoms with Gasteiger partial charge in [-0.3, -0.25) is 4.79 Å². The SMILES string of the molecule is COC(OC)C(C)NC(=O)C1CCOC1C. The summed E-state index contributed by atoms with van der Waals surface area (Å²) in [5.74, 6) is -0.0478. The maximum atomic E-state index is 11.9. The number of carbonyl (C=O) groups is 1. The van der Waals surface area contributed by atoms with Gasteiger partial charge >= 0.3 is 0 Å². The summed E-state index contributed by atoms with van der Waals surface area (Å²) in [6.45, 7) is 4.44. The van der Waals surface area contributed by atoms with Crippen LogP contribution in [-0.2, 0) is 19.0 Å². The Morgan fingerprint density at radius 3 is 2.50 bits per heavy atom. The van der Waals surface area contributed by atoms with E-state index in [-0.39, 0.29) is 24.0 Å². The van der Waals surface area contributed by atoms with E-state index in [0.29, 0.717) is 6.61 Å². The van der Waals surface area contributed by atoms with Gasteiger partial charge in [0, 0.05) is 20.8 Å². The Morgan fingerprint density at radius 2 is 2.06 bits per heavy atom. The predicted molar refractivity (Wildman–Crippen MR) is 58.9 cm³/mol. The molecule has 1 amide bonds. The number of hydrogen-bond donors (Lipinski definition) is 1. The summed E-state index contributed by atoms with van der Waals surface area (Å²) in [6, 6.07) is -0.171. The molecule has 1 N–H and O–H groups in total. The van der Waals surface area contributed by atoms with Crippen molar-refractivity contribution in [1.82, 2.24) is 5.32 Å². The highest BCUT2D eigenvalue weighted by Gasteiger charge is 2.32. The minimum Gasteiger partial charge on any atom is -0.378 e. The monoisotopic (exact) mass is 231 g/mol. The number of rotatable bonds is 5. The third kappa shape index (κ3) is 3.17. The van der Waals surface area contributed by atoms with Crippen LogP contribution in [0.15, 0.2) is 0 Å². The lowest BCUT2D eigenvalue weighted by Gasteiger charge is -2.24. The highest BCUT2D eigenvalue weighted by atomic mass is 16.7. The molecule has 3 atom stereocenters. The van der Waals surface area contributed by atoms with Gasteiger partial charge in [0.25, 0.3) is 0 Å². The van der Waals surface area contributed by atoms with Crippen molar-refractivity contribution in [1.29, 1.82) is 0 Å². The van der Waals surface area contributed by atoms with Gasteiger partial charge < -0.3 is 19.5 Å². The quantitative estimate of drug-likeness (QED) is 0.701. The molecule has 16 heavy (non-hydrogen) atoms. The number of carbonyl (C=O) groups excluding carboxylic acids is 1. The molecule has 0 aromatic rings. The van der Waals surface area contributed by atoms with E-state index in [0.717, 1.165) is 6.42 Å². The van der Waals surface area contributed by atoms with Crippen molar-refractivity contribution in [2.45, 2.75) is 38.7 Å². The van der Waals surface area contributed by atoms with Gasteiger partial charge in [0.2, 0.25) is 5.91 Å². The molecule has 1 aliphatic heterocycles. The van der Waals surface area contributed by atoms with Crippen molar-refractivity contribution in [3.05, 3.63) is 0 Å². The Labute approximate surface area is 96.4 Å². The lowest BCUT2D eigenvalue weighted by Crippen LogP contribution is -2.46. The Kier molecular flexibility index (Phi) is 5.18. The number of methoxy groups -OCH3 is 2. The first kappa shape index (κ1) is 13.4. The van der Waals surface area contributed by atoms with E-state index in [9.17, 15) is 4.79 Å². The van der Waals surface area contributed by atoms with Crippen LogP contribution in [0.5, 0.6) is 0 Å². The summed E-state index contributed by atoms with van der Waals surface area (Å²) >= 11 is 0. The van der Waals surface area contributed by atoms with E-state index in [1.807, 2.05) is 13.8 Å². The zero-order valence-electron chi connectivity index (χ0n) is 10.4. The van der Waals surface area contributed by atoms with Gasteiger partial charge in [-0.05, 0) is 20.3 Å². The Balaban J connectivity index is 2.44. The molecule has 3 unspecified atom stereocenters. The molecule has 0 aliphatic carbocycles. The summed E-state index contributed by atoms with van der Waals surface area (Å²) in [4.78, 5) is 11.9. The minimum atomic E-state index is -0.415. The maximum Gasteiger partial charge on any atom is 0.226 e. The largest absolute Gasteiger partial charge is 0.378 e. The van der Waals surface area contributed by atoms with Crippen molar-refractivity contribution < 1.29 is 19.0 Å². The maximum absolute atomic E-state index is 11.9. The summed E-state index contributed by atoms with van der Waals surface area (Å²) in [5, 5.41) is 2.89. The van der Waals surface area contributed by atoms with Crippen molar-refractivity contribution in [3.63, 3.8) is 0 Å². The van der Waals surface area contributed by atoms with E-state index in [1.165, 1.54) is 0 Å². The molecular weight excluding hydrogens is 210 g/mol. The van der Waals surface area contributed by atoms with E-state index in [1.54, 1.807) is 14.2 Å². The van der Waals surface area contributed by atoms with Crippen LogP contribution < -0.4 is 5.32 Å². The molecule has 0 aromatic heterocycles.